The molecule has 2 N–H and O–H groups in total. The van der Waals surface area contributed by atoms with E-state index in [2.05, 4.69) is 0 Å². The molecular weight excluding hydrogens is 436 g/mol. The monoisotopic (exact) mass is 451 g/mol. The number of carboxylic acid groups (broad SMARTS) is 2. The van der Waals surface area contributed by atoms with Crippen LogP contribution in [0.4, 0.5) is 14.5 Å². The van der Waals surface area contributed by atoms with Crippen LogP contribution in [0.15, 0.2) is 63.8 Å². The van der Waals surface area contributed by atoms with E-state index in [1.165, 1.54) is 41.3 Å². The van der Waals surface area contributed by atoms with Crippen LogP contribution >= 0.6 is 0 Å². The van der Waals surface area contributed by atoms with E-state index in [9.17, 15) is 33.4 Å². The highest BCUT2D eigenvalue weighted by Crippen LogP contribution is 2.43. The number of carbonyl (C=O) groups is 2. The van der Waals surface area contributed by atoms with E-state index < -0.39 is 31.0 Å². The summed E-state index contributed by atoms with van der Waals surface area (Å²) in [6.07, 6.45) is 0. The summed E-state index contributed by atoms with van der Waals surface area (Å²) in [5, 5.41) is 19.6. The van der Waals surface area contributed by atoms with Crippen LogP contribution in [-0.4, -0.2) is 41.2 Å². The van der Waals surface area contributed by atoms with Gasteiger partial charge in [0.15, 0.2) is 5.43 Å². The normalized spacial score (nSPS) is 14.9. The third-order valence-electron chi connectivity index (χ3n) is 5.65. The van der Waals surface area contributed by atoms with Gasteiger partial charge in [0.05, 0.1) is 24.2 Å². The first-order valence-corrected chi connectivity index (χ1v) is 9.87. The minimum atomic E-state index is -2.77. The van der Waals surface area contributed by atoms with Gasteiger partial charge in [0.2, 0.25) is 0 Å². The highest BCUT2D eigenvalue weighted by molar-refractivity contribution is 6.09. The predicted octanol–water partition coefficient (Wildman–Crippen LogP) is 4.42. The van der Waals surface area contributed by atoms with Crippen molar-refractivity contribution in [2.75, 3.05) is 18.0 Å². The fourth-order valence-electron chi connectivity index (χ4n) is 4.11. The maximum absolute atomic E-state index is 13.3. The molecule has 166 valence electrons. The van der Waals surface area contributed by atoms with Gasteiger partial charge in [-0.15, -0.1) is 0 Å². The third kappa shape index (κ3) is 3.47. The maximum atomic E-state index is 13.3. The number of hydrogen-bond donors (Lipinski definition) is 2. The zero-order chi connectivity index (χ0) is 23.5. The van der Waals surface area contributed by atoms with Gasteiger partial charge in [-0.05, 0) is 48.0 Å². The topological polar surface area (TPSA) is 108 Å². The molecule has 9 heteroatoms. The summed E-state index contributed by atoms with van der Waals surface area (Å²) in [5.41, 5.74) is 1.06. The molecule has 0 aromatic heterocycles. The summed E-state index contributed by atoms with van der Waals surface area (Å²) in [7, 11) is 0. The van der Waals surface area contributed by atoms with Crippen molar-refractivity contribution in [2.24, 2.45) is 0 Å². The predicted molar refractivity (Wildman–Crippen MR) is 116 cm³/mol. The second-order valence-corrected chi connectivity index (χ2v) is 7.90. The van der Waals surface area contributed by atoms with Crippen molar-refractivity contribution in [1.29, 1.82) is 0 Å². The molecule has 3 aliphatic rings. The Labute approximate surface area is 184 Å². The molecule has 1 saturated heterocycles. The van der Waals surface area contributed by atoms with Crippen molar-refractivity contribution in [3.05, 3.63) is 75.9 Å². The molecule has 5 rings (SSSR count). The molecule has 7 nitrogen and oxygen atoms in total. The molecule has 2 aromatic rings. The van der Waals surface area contributed by atoms with E-state index in [1.54, 1.807) is 18.2 Å². The molecule has 1 fully saturated rings. The Morgan fingerprint density at radius 2 is 1.67 bits per heavy atom. The summed E-state index contributed by atoms with van der Waals surface area (Å²) in [6.45, 7) is -0.874. The minimum absolute atomic E-state index is 0.114. The quantitative estimate of drug-likeness (QED) is 0.442. The highest BCUT2D eigenvalue weighted by atomic mass is 19.3. The lowest BCUT2D eigenvalue weighted by Gasteiger charge is -2.40. The Bertz CT molecular complexity index is 1480. The highest BCUT2D eigenvalue weighted by Gasteiger charge is 2.44. The van der Waals surface area contributed by atoms with Gasteiger partial charge < -0.3 is 19.5 Å². The first-order valence-electron chi connectivity index (χ1n) is 9.87. The second kappa shape index (κ2) is 7.13. The maximum Gasteiger partial charge on any atom is 0.336 e. The number of carboxylic acids is 2. The van der Waals surface area contributed by atoms with Crippen LogP contribution in [0.1, 0.15) is 20.7 Å². The summed E-state index contributed by atoms with van der Waals surface area (Å²) in [4.78, 5) is 37.0. The van der Waals surface area contributed by atoms with E-state index in [1.807, 2.05) is 0 Å². The van der Waals surface area contributed by atoms with Crippen LogP contribution < -0.4 is 10.3 Å². The lowest BCUT2D eigenvalue weighted by Crippen LogP contribution is -2.56. The molecular formula is C24H15F2NO6. The average Bonchev–Trinajstić information content (AvgIpc) is 2.74. The van der Waals surface area contributed by atoms with Gasteiger partial charge in [-0.1, -0.05) is 0 Å². The van der Waals surface area contributed by atoms with E-state index >= 15 is 0 Å². The van der Waals surface area contributed by atoms with Crippen molar-refractivity contribution < 1.29 is 33.0 Å². The van der Waals surface area contributed by atoms with Crippen LogP contribution in [0.5, 0.6) is 0 Å². The number of rotatable bonds is 4. The fraction of sp³-hybridized carbons (Fsp3) is 0.125. The average molecular weight is 451 g/mol. The number of halogens is 2. The van der Waals surface area contributed by atoms with Crippen LogP contribution in [0.2, 0.25) is 0 Å². The molecule has 0 saturated carbocycles. The van der Waals surface area contributed by atoms with Crippen LogP contribution in [0, 0.1) is 0 Å². The first kappa shape index (κ1) is 20.6. The molecule has 2 aromatic carbocycles. The number of benzene rings is 3. The number of aromatic carboxylic acids is 2. The lowest BCUT2D eigenvalue weighted by molar-refractivity contribution is -0.0262. The molecule has 1 aliphatic carbocycles. The zero-order valence-corrected chi connectivity index (χ0v) is 16.8. The number of hydrogen-bond acceptors (Lipinski definition) is 5. The van der Waals surface area contributed by atoms with Gasteiger partial charge in [-0.3, -0.25) is 4.79 Å². The van der Waals surface area contributed by atoms with Crippen LogP contribution in [0.25, 0.3) is 33.4 Å². The zero-order valence-electron chi connectivity index (χ0n) is 16.8. The van der Waals surface area contributed by atoms with E-state index in [0.717, 1.165) is 0 Å². The molecule has 0 unspecified atom stereocenters. The number of fused-ring (bicyclic) bond motifs is 2. The molecule has 0 amide bonds. The van der Waals surface area contributed by atoms with Crippen molar-refractivity contribution >= 4 is 28.6 Å². The number of alkyl halides is 2. The molecule has 0 radical (unpaired) electrons. The van der Waals surface area contributed by atoms with Crippen LogP contribution in [-0.2, 0) is 0 Å². The summed E-state index contributed by atoms with van der Waals surface area (Å²) in [6, 6.07) is 12.5. The Kier molecular flexibility index (Phi) is 4.45. The summed E-state index contributed by atoms with van der Waals surface area (Å²) < 4.78 is 32.6. The second-order valence-electron chi connectivity index (χ2n) is 7.90. The molecule has 33 heavy (non-hydrogen) atoms. The SMILES string of the molecule is O=C(O)c1ccc(C(=O)O)c(-c2c3ccc(=O)cc-3oc3cc(N4CC(F)(F)C4)ccc23)c1. The minimum Gasteiger partial charge on any atom is -0.478 e. The lowest BCUT2D eigenvalue weighted by atomic mass is 9.89. The smallest absolute Gasteiger partial charge is 0.336 e. The van der Waals surface area contributed by atoms with Crippen molar-refractivity contribution in [1.82, 2.24) is 0 Å². The van der Waals surface area contributed by atoms with E-state index in [0.29, 0.717) is 22.2 Å². The van der Waals surface area contributed by atoms with Gasteiger partial charge in [0.25, 0.3) is 5.92 Å². The molecule has 0 spiro atoms. The largest absolute Gasteiger partial charge is 0.478 e. The molecule has 0 bridgehead atoms. The molecule has 0 atom stereocenters. The van der Waals surface area contributed by atoms with E-state index in [-0.39, 0.29) is 33.5 Å². The Morgan fingerprint density at radius 1 is 0.909 bits per heavy atom. The van der Waals surface area contributed by atoms with Gasteiger partial charge in [0.1, 0.15) is 11.3 Å². The van der Waals surface area contributed by atoms with Crippen molar-refractivity contribution in [3.8, 4) is 22.5 Å². The van der Waals surface area contributed by atoms with Crippen LogP contribution in [0.3, 0.4) is 0 Å². The van der Waals surface area contributed by atoms with E-state index in [4.69, 9.17) is 4.42 Å². The third-order valence-corrected chi connectivity index (χ3v) is 5.65. The van der Waals surface area contributed by atoms with Gasteiger partial charge in [-0.25, -0.2) is 18.4 Å². The Balaban J connectivity index is 1.83. The standard InChI is InChI=1S/C24H15F2NO6/c25-24(26)10-27(11-24)13-2-5-16-19(8-13)33-20-9-14(28)3-6-17(20)21(16)18-7-12(22(29)30)1-4-15(18)23(31)32/h1-9H,10-11H2,(H,29,30)(H,31,32). The van der Waals surface area contributed by atoms with Gasteiger partial charge in [-0.2, -0.15) is 0 Å². The Hall–Kier alpha value is -4.27. The summed E-state index contributed by atoms with van der Waals surface area (Å²) in [5.74, 6) is -5.10. The summed E-state index contributed by atoms with van der Waals surface area (Å²) >= 11 is 0. The molecule has 2 aliphatic heterocycles. The van der Waals surface area contributed by atoms with Crippen molar-refractivity contribution in [3.63, 3.8) is 0 Å². The fourth-order valence-corrected chi connectivity index (χ4v) is 4.11. The Morgan fingerprint density at radius 3 is 2.33 bits per heavy atom. The van der Waals surface area contributed by atoms with Gasteiger partial charge in [0, 0.05) is 34.3 Å². The first-order chi connectivity index (χ1) is 15.6. The van der Waals surface area contributed by atoms with Crippen molar-refractivity contribution in [2.45, 2.75) is 5.92 Å². The molecule has 2 heterocycles. The number of nitrogens with zero attached hydrogens (tertiary/aromatic N) is 1. The number of anilines is 1. The van der Waals surface area contributed by atoms with Gasteiger partial charge >= 0.3 is 11.9 Å².